The third-order valence-corrected chi connectivity index (χ3v) is 10.2. The zero-order valence-electron chi connectivity index (χ0n) is 27.1. The number of hydrogen-bond acceptors (Lipinski definition) is 8. The fourth-order valence-electron chi connectivity index (χ4n) is 5.47. The largest absolute Gasteiger partial charge is 0.483 e. The van der Waals surface area contributed by atoms with Crippen LogP contribution in [0.25, 0.3) is 0 Å². The second kappa shape index (κ2) is 16.7. The lowest BCUT2D eigenvalue weighted by Gasteiger charge is -2.33. The quantitative estimate of drug-likeness (QED) is 0.0896. The number of unbranched alkanes of at least 4 members (excludes halogenated alkanes) is 1. The first kappa shape index (κ1) is 36.5. The molecule has 3 atom stereocenters. The van der Waals surface area contributed by atoms with Crippen molar-refractivity contribution in [2.75, 3.05) is 24.4 Å². The highest BCUT2D eigenvalue weighted by Crippen LogP contribution is 2.51. The highest BCUT2D eigenvalue weighted by molar-refractivity contribution is 8.14. The van der Waals surface area contributed by atoms with Crippen molar-refractivity contribution in [2.45, 2.75) is 61.4 Å². The Hall–Kier alpha value is -4.33. The van der Waals surface area contributed by atoms with Gasteiger partial charge >= 0.3 is 0 Å². The fraction of sp³-hybridized carbons (Fsp3) is 0.343. The molecule has 0 spiro atoms. The van der Waals surface area contributed by atoms with E-state index in [9.17, 15) is 29.1 Å². The molecule has 1 heterocycles. The number of hydrogen-bond donors (Lipinski definition) is 5. The van der Waals surface area contributed by atoms with E-state index in [-0.39, 0.29) is 11.0 Å². The maximum absolute atomic E-state index is 14.4. The summed E-state index contributed by atoms with van der Waals surface area (Å²) in [6, 6.07) is 18.6. The Balaban J connectivity index is 1.65. The zero-order chi connectivity index (χ0) is 34.8. The predicted octanol–water partition coefficient (Wildman–Crippen LogP) is 4.22. The Bertz CT molecular complexity index is 1640. The van der Waals surface area contributed by atoms with Crippen molar-refractivity contribution in [3.05, 3.63) is 78.4 Å². The molecule has 1 radical (unpaired) electrons. The van der Waals surface area contributed by atoms with Crippen molar-refractivity contribution in [1.29, 1.82) is 0 Å². The van der Waals surface area contributed by atoms with E-state index in [2.05, 4.69) is 10.6 Å². The number of rotatable bonds is 15. The van der Waals surface area contributed by atoms with Crippen LogP contribution in [0, 0.1) is 5.41 Å². The highest BCUT2D eigenvalue weighted by atomic mass is 32.2. The zero-order valence-corrected chi connectivity index (χ0v) is 28.8. The number of nitrogens with one attached hydrogen (secondary N) is 2. The molecule has 0 bridgehead atoms. The molecule has 13 heteroatoms. The van der Waals surface area contributed by atoms with E-state index in [1.165, 1.54) is 11.8 Å². The van der Waals surface area contributed by atoms with Gasteiger partial charge in [-0.25, -0.2) is 0 Å². The summed E-state index contributed by atoms with van der Waals surface area (Å²) in [5, 5.41) is 14.3. The van der Waals surface area contributed by atoms with Gasteiger partial charge in [-0.3, -0.25) is 28.9 Å². The number of fused-ring (bicyclic) bond motifs is 1. The van der Waals surface area contributed by atoms with Gasteiger partial charge in [-0.1, -0.05) is 75.2 Å². The average molecular weight is 694 g/mol. The predicted molar refractivity (Wildman–Crippen MR) is 187 cm³/mol. The van der Waals surface area contributed by atoms with Crippen LogP contribution in [0.5, 0.6) is 5.75 Å². The molecule has 5 N–H and O–H groups in total. The van der Waals surface area contributed by atoms with Crippen molar-refractivity contribution in [2.24, 2.45) is 11.1 Å². The van der Waals surface area contributed by atoms with Crippen molar-refractivity contribution in [1.82, 2.24) is 10.6 Å². The van der Waals surface area contributed by atoms with Gasteiger partial charge < -0.3 is 26.2 Å². The van der Waals surface area contributed by atoms with Crippen LogP contribution in [0.3, 0.4) is 0 Å². The lowest BCUT2D eigenvalue weighted by molar-refractivity contribution is -0.136. The SMILES string of the molecule is CCCCC1(CC)C(=O)[SH]c2cc(OCC(=O)N[C@@H](C(=O)N[C@@H](CO)C(N)=O)c3ccccc3)c(SC)cc2N(c2ccccc2)C1=O. The van der Waals surface area contributed by atoms with Crippen LogP contribution in [0.1, 0.15) is 51.1 Å². The summed E-state index contributed by atoms with van der Waals surface area (Å²) >= 11 is 1.70. The van der Waals surface area contributed by atoms with Crippen LogP contribution in [0.4, 0.5) is 11.4 Å². The van der Waals surface area contributed by atoms with Crippen LogP contribution in [0.15, 0.2) is 82.6 Å². The lowest BCUT2D eigenvalue weighted by Crippen LogP contribution is -2.51. The molecule has 0 aromatic heterocycles. The van der Waals surface area contributed by atoms with Crippen LogP contribution < -0.4 is 26.0 Å². The first-order valence-electron chi connectivity index (χ1n) is 15.7. The van der Waals surface area contributed by atoms with Gasteiger partial charge in [0.25, 0.3) is 5.91 Å². The minimum atomic E-state index is -1.33. The number of amides is 4. The molecule has 1 aliphatic rings. The van der Waals surface area contributed by atoms with E-state index < -0.39 is 48.4 Å². The number of thioether (sulfide) groups is 1. The number of ether oxygens (including phenoxy) is 1. The molecular weight excluding hydrogens is 653 g/mol. The molecule has 3 aromatic rings. The van der Waals surface area contributed by atoms with Crippen LogP contribution >= 0.6 is 23.5 Å². The lowest BCUT2D eigenvalue weighted by atomic mass is 9.79. The van der Waals surface area contributed by atoms with Gasteiger partial charge in [0.1, 0.15) is 23.2 Å². The minimum absolute atomic E-state index is 0.183. The van der Waals surface area contributed by atoms with Gasteiger partial charge in [-0.15, -0.1) is 23.5 Å². The number of thiol groups is 1. The average Bonchev–Trinajstić information content (AvgIpc) is 3.18. The Morgan fingerprint density at radius 3 is 2.27 bits per heavy atom. The van der Waals surface area contributed by atoms with Gasteiger partial charge in [0.15, 0.2) is 11.7 Å². The monoisotopic (exact) mass is 693 g/mol. The molecular formula is C35H41N4O7S2. The molecule has 0 aliphatic carbocycles. The summed E-state index contributed by atoms with van der Waals surface area (Å²) in [6.45, 7) is 2.72. The number of carbonyl (C=O) groups excluding carboxylic acids is 5. The first-order chi connectivity index (χ1) is 23.1. The standard InChI is InChI=1S/C35H41N4O7S2/c1-4-6-17-35(5-2)33(44)39(23-15-11-8-12-16-23)25-18-28(47-3)26(19-27(25)48-34(35)45)46-21-29(41)38-30(22-13-9-7-10-14-22)32(43)37-24(20-40)31(36)42/h7-16,18-19,24,30,40,48H,4-6,17,20-21H2,1-3H3,(H2,36,42)(H,37,43)(H,38,41)/t24-,30+,35?/m0/s1. The van der Waals surface area contributed by atoms with E-state index in [1.54, 1.807) is 41.3 Å². The van der Waals surface area contributed by atoms with Crippen LogP contribution in [-0.2, 0) is 24.0 Å². The number of carbonyl (C=O) groups is 5. The molecule has 1 unspecified atom stereocenters. The second-order valence-electron chi connectivity index (χ2n) is 11.3. The maximum atomic E-state index is 14.4. The summed E-state index contributed by atoms with van der Waals surface area (Å²) in [7, 11) is 0. The third-order valence-electron chi connectivity index (χ3n) is 8.22. The fourth-order valence-corrected chi connectivity index (χ4v) is 7.28. The maximum Gasteiger partial charge on any atom is 0.258 e. The number of para-hydroxylation sites is 1. The molecule has 0 saturated carbocycles. The smallest absolute Gasteiger partial charge is 0.258 e. The summed E-state index contributed by atoms with van der Waals surface area (Å²) in [6.07, 6.45) is 4.21. The Morgan fingerprint density at radius 1 is 1.02 bits per heavy atom. The molecule has 3 aromatic carbocycles. The summed E-state index contributed by atoms with van der Waals surface area (Å²) < 4.78 is 6.00. The Morgan fingerprint density at radius 2 is 1.69 bits per heavy atom. The van der Waals surface area contributed by atoms with Gasteiger partial charge in [0.05, 0.1) is 17.2 Å². The second-order valence-corrected chi connectivity index (χ2v) is 13.2. The molecule has 48 heavy (non-hydrogen) atoms. The van der Waals surface area contributed by atoms with Gasteiger partial charge in [-0.2, -0.15) is 0 Å². The number of aliphatic hydroxyl groups excluding tert-OH is 1. The Kier molecular flexibility index (Phi) is 12.7. The van der Waals surface area contributed by atoms with Crippen molar-refractivity contribution in [3.8, 4) is 5.75 Å². The molecule has 255 valence electrons. The van der Waals surface area contributed by atoms with Crippen molar-refractivity contribution >= 4 is 63.6 Å². The summed E-state index contributed by atoms with van der Waals surface area (Å²) in [4.78, 5) is 69.2. The van der Waals surface area contributed by atoms with E-state index in [4.69, 9.17) is 10.5 Å². The van der Waals surface area contributed by atoms with Crippen LogP contribution in [-0.4, -0.2) is 59.4 Å². The van der Waals surface area contributed by atoms with E-state index in [0.29, 0.717) is 57.1 Å². The number of nitrogens with two attached hydrogens (primary N) is 1. The molecule has 0 fully saturated rings. The van der Waals surface area contributed by atoms with E-state index in [0.717, 1.165) is 12.8 Å². The number of primary amides is 1. The summed E-state index contributed by atoms with van der Waals surface area (Å²) in [5.41, 5.74) is 5.73. The van der Waals surface area contributed by atoms with Crippen molar-refractivity contribution in [3.63, 3.8) is 0 Å². The first-order valence-corrected chi connectivity index (χ1v) is 17.8. The molecule has 11 nitrogen and oxygen atoms in total. The van der Waals surface area contributed by atoms with Gasteiger partial charge in [-0.05, 0) is 48.9 Å². The van der Waals surface area contributed by atoms with E-state index >= 15 is 0 Å². The topological polar surface area (TPSA) is 168 Å². The molecule has 1 aliphatic heterocycles. The molecule has 4 rings (SSSR count). The molecule has 4 amide bonds. The van der Waals surface area contributed by atoms with Crippen LogP contribution in [0.2, 0.25) is 0 Å². The minimum Gasteiger partial charge on any atom is -0.483 e. The number of nitrogens with zero attached hydrogens (tertiary/aromatic N) is 1. The Labute approximate surface area is 288 Å². The normalized spacial score (nSPS) is 17.1. The van der Waals surface area contributed by atoms with Crippen molar-refractivity contribution < 1.29 is 33.8 Å². The van der Waals surface area contributed by atoms with Gasteiger partial charge in [0, 0.05) is 10.6 Å². The van der Waals surface area contributed by atoms with Gasteiger partial charge in [0.2, 0.25) is 17.7 Å². The summed E-state index contributed by atoms with van der Waals surface area (Å²) in [5.74, 6) is -2.23. The molecule has 0 saturated heterocycles. The number of aliphatic hydroxyl groups is 1. The number of anilines is 2. The van der Waals surface area contributed by atoms with E-state index in [1.807, 2.05) is 56.5 Å². The highest BCUT2D eigenvalue weighted by Gasteiger charge is 2.49. The number of benzene rings is 3. The third kappa shape index (κ3) is 8.03.